The fraction of sp³-hybridized carbons (Fsp3) is 0.143. The van der Waals surface area contributed by atoms with Gasteiger partial charge in [0.05, 0.1) is 0 Å². The first-order valence-corrected chi connectivity index (χ1v) is 7.67. The average molecular weight is 396 g/mol. The van der Waals surface area contributed by atoms with E-state index in [0.717, 1.165) is 27.1 Å². The van der Waals surface area contributed by atoms with E-state index in [9.17, 15) is 0 Å². The Morgan fingerprint density at radius 2 is 2.15 bits per heavy atom. The molecule has 4 nitrogen and oxygen atoms in total. The molecular formula is C14H12Br2N4. The molecule has 0 amide bonds. The molecule has 0 radical (unpaired) electrons. The zero-order chi connectivity index (χ0) is 14.1. The minimum Gasteiger partial charge on any atom is -0.352 e. The van der Waals surface area contributed by atoms with E-state index in [1.54, 1.807) is 6.20 Å². The summed E-state index contributed by atoms with van der Waals surface area (Å²) >= 11 is 6.93. The van der Waals surface area contributed by atoms with Gasteiger partial charge in [0.25, 0.3) is 0 Å². The molecule has 3 rings (SSSR count). The van der Waals surface area contributed by atoms with Crippen molar-refractivity contribution in [3.8, 4) is 0 Å². The van der Waals surface area contributed by atoms with Gasteiger partial charge in [-0.15, -0.1) is 0 Å². The van der Waals surface area contributed by atoms with Crippen LogP contribution in [-0.2, 0) is 6.54 Å². The highest BCUT2D eigenvalue weighted by molar-refractivity contribution is 9.10. The number of halogens is 2. The summed E-state index contributed by atoms with van der Waals surface area (Å²) in [5, 5.41) is 0. The van der Waals surface area contributed by atoms with Gasteiger partial charge in [-0.25, -0.2) is 9.97 Å². The summed E-state index contributed by atoms with van der Waals surface area (Å²) in [6.45, 7) is 0.769. The number of fused-ring (bicyclic) bond motifs is 1. The van der Waals surface area contributed by atoms with E-state index in [-0.39, 0.29) is 0 Å². The maximum Gasteiger partial charge on any atom is 0.180 e. The van der Waals surface area contributed by atoms with Gasteiger partial charge in [0, 0.05) is 36.7 Å². The molecule has 0 aliphatic rings. The van der Waals surface area contributed by atoms with Gasteiger partial charge in [0.2, 0.25) is 0 Å². The molecule has 2 aromatic heterocycles. The van der Waals surface area contributed by atoms with Crippen LogP contribution in [0.25, 0.3) is 5.65 Å². The summed E-state index contributed by atoms with van der Waals surface area (Å²) in [6.07, 6.45) is 5.59. The highest BCUT2D eigenvalue weighted by Gasteiger charge is 2.11. The molecule has 0 aliphatic carbocycles. The molecule has 1 aromatic carbocycles. The Kier molecular flexibility index (Phi) is 3.76. The van der Waals surface area contributed by atoms with Gasteiger partial charge in [0.1, 0.15) is 4.60 Å². The van der Waals surface area contributed by atoms with Crippen molar-refractivity contribution in [2.75, 3.05) is 11.9 Å². The SMILES string of the molecule is CN(Cc1cccc(Br)c1)c1nc(Br)cn2ccnc12. The second-order valence-corrected chi connectivity index (χ2v) is 6.26. The Balaban J connectivity index is 1.96. The number of aromatic nitrogens is 3. The smallest absolute Gasteiger partial charge is 0.180 e. The van der Waals surface area contributed by atoms with Crippen LogP contribution in [0.2, 0.25) is 0 Å². The molecule has 2 heterocycles. The molecule has 6 heteroatoms. The third-order valence-electron chi connectivity index (χ3n) is 3.00. The maximum absolute atomic E-state index is 4.54. The van der Waals surface area contributed by atoms with Crippen molar-refractivity contribution in [3.63, 3.8) is 0 Å². The van der Waals surface area contributed by atoms with Gasteiger partial charge in [-0.3, -0.25) is 0 Å². The highest BCUT2D eigenvalue weighted by Crippen LogP contribution is 2.22. The minimum absolute atomic E-state index is 0.769. The van der Waals surface area contributed by atoms with E-state index in [0.29, 0.717) is 0 Å². The number of benzene rings is 1. The van der Waals surface area contributed by atoms with Crippen LogP contribution in [0.4, 0.5) is 5.82 Å². The monoisotopic (exact) mass is 394 g/mol. The first-order chi connectivity index (χ1) is 9.63. The summed E-state index contributed by atoms with van der Waals surface area (Å²) in [4.78, 5) is 11.0. The van der Waals surface area contributed by atoms with Crippen LogP contribution in [0.15, 0.2) is 51.9 Å². The molecule has 0 bridgehead atoms. The molecule has 3 aromatic rings. The first kappa shape index (κ1) is 13.6. The summed E-state index contributed by atoms with van der Waals surface area (Å²) in [6, 6.07) is 8.26. The molecule has 0 unspecified atom stereocenters. The normalized spacial score (nSPS) is 10.9. The van der Waals surface area contributed by atoms with Crippen molar-refractivity contribution in [3.05, 3.63) is 57.5 Å². The van der Waals surface area contributed by atoms with E-state index in [4.69, 9.17) is 0 Å². The van der Waals surface area contributed by atoms with E-state index < -0.39 is 0 Å². The van der Waals surface area contributed by atoms with Gasteiger partial charge < -0.3 is 9.30 Å². The highest BCUT2D eigenvalue weighted by atomic mass is 79.9. The van der Waals surface area contributed by atoms with Crippen molar-refractivity contribution in [1.82, 2.24) is 14.4 Å². The van der Waals surface area contributed by atoms with Crippen molar-refractivity contribution in [1.29, 1.82) is 0 Å². The summed E-state index contributed by atoms with van der Waals surface area (Å²) in [5.41, 5.74) is 2.07. The minimum atomic E-state index is 0.769. The predicted octanol–water partition coefficient (Wildman–Crippen LogP) is 3.89. The van der Waals surface area contributed by atoms with Gasteiger partial charge >= 0.3 is 0 Å². The fourth-order valence-electron chi connectivity index (χ4n) is 2.13. The second-order valence-electron chi connectivity index (χ2n) is 4.53. The van der Waals surface area contributed by atoms with Gasteiger partial charge in [-0.2, -0.15) is 0 Å². The predicted molar refractivity (Wildman–Crippen MR) is 86.9 cm³/mol. The summed E-state index contributed by atoms with van der Waals surface area (Å²) < 4.78 is 3.83. The molecule has 0 saturated heterocycles. The standard InChI is InChI=1S/C14H12Br2N4/c1-19(8-10-3-2-4-11(15)7-10)14-13-17-5-6-20(13)9-12(16)18-14/h2-7,9H,8H2,1H3. The van der Waals surface area contributed by atoms with Crippen molar-refractivity contribution < 1.29 is 0 Å². The number of rotatable bonds is 3. The van der Waals surface area contributed by atoms with E-state index in [1.165, 1.54) is 5.56 Å². The third-order valence-corrected chi connectivity index (χ3v) is 3.87. The fourth-order valence-corrected chi connectivity index (χ4v) is 2.96. The molecule has 0 spiro atoms. The zero-order valence-corrected chi connectivity index (χ0v) is 14.0. The topological polar surface area (TPSA) is 33.4 Å². The van der Waals surface area contributed by atoms with Crippen molar-refractivity contribution in [2.24, 2.45) is 0 Å². The lowest BCUT2D eigenvalue weighted by Gasteiger charge is -2.19. The maximum atomic E-state index is 4.54. The van der Waals surface area contributed by atoms with Crippen LogP contribution >= 0.6 is 31.9 Å². The Bertz CT molecular complexity index is 754. The van der Waals surface area contributed by atoms with Crippen LogP contribution in [-0.4, -0.2) is 21.4 Å². The molecule has 0 N–H and O–H groups in total. The quantitative estimate of drug-likeness (QED) is 0.674. The Morgan fingerprint density at radius 3 is 2.95 bits per heavy atom. The van der Waals surface area contributed by atoms with Gasteiger partial charge in [-0.05, 0) is 33.6 Å². The van der Waals surface area contributed by atoms with Crippen LogP contribution in [0, 0.1) is 0 Å². The van der Waals surface area contributed by atoms with Gasteiger partial charge in [0.15, 0.2) is 11.5 Å². The number of hydrogen-bond acceptors (Lipinski definition) is 3. The molecule has 20 heavy (non-hydrogen) atoms. The average Bonchev–Trinajstić information content (AvgIpc) is 2.85. The van der Waals surface area contributed by atoms with Crippen LogP contribution in [0.5, 0.6) is 0 Å². The number of hydrogen-bond donors (Lipinski definition) is 0. The number of nitrogens with zero attached hydrogens (tertiary/aromatic N) is 4. The van der Waals surface area contributed by atoms with Crippen LogP contribution < -0.4 is 4.90 Å². The molecular weight excluding hydrogens is 384 g/mol. The largest absolute Gasteiger partial charge is 0.352 e. The van der Waals surface area contributed by atoms with E-state index in [2.05, 4.69) is 58.9 Å². The van der Waals surface area contributed by atoms with Crippen LogP contribution in [0.3, 0.4) is 0 Å². The zero-order valence-electron chi connectivity index (χ0n) is 10.8. The van der Waals surface area contributed by atoms with Crippen molar-refractivity contribution >= 4 is 43.3 Å². The Hall–Kier alpha value is -1.40. The lowest BCUT2D eigenvalue weighted by molar-refractivity contribution is 0.887. The molecule has 0 atom stereocenters. The third kappa shape index (κ3) is 2.71. The molecule has 0 fully saturated rings. The van der Waals surface area contributed by atoms with Crippen molar-refractivity contribution in [2.45, 2.75) is 6.54 Å². The molecule has 0 saturated carbocycles. The second kappa shape index (κ2) is 5.54. The van der Waals surface area contributed by atoms with Crippen LogP contribution in [0.1, 0.15) is 5.56 Å². The van der Waals surface area contributed by atoms with Gasteiger partial charge in [-0.1, -0.05) is 28.1 Å². The first-order valence-electron chi connectivity index (χ1n) is 6.08. The number of imidazole rings is 1. The molecule has 0 aliphatic heterocycles. The lowest BCUT2D eigenvalue weighted by atomic mass is 10.2. The van der Waals surface area contributed by atoms with E-state index >= 15 is 0 Å². The summed E-state index contributed by atoms with van der Waals surface area (Å²) in [5.74, 6) is 0.851. The Labute approximate surface area is 133 Å². The Morgan fingerprint density at radius 1 is 1.30 bits per heavy atom. The molecule has 102 valence electrons. The summed E-state index contributed by atoms with van der Waals surface area (Å²) in [7, 11) is 2.02. The lowest BCUT2D eigenvalue weighted by Crippen LogP contribution is -2.19. The van der Waals surface area contributed by atoms with E-state index in [1.807, 2.05) is 36.0 Å². The number of anilines is 1.